The Balaban J connectivity index is 0.000000921. The lowest BCUT2D eigenvalue weighted by molar-refractivity contribution is 0.288. The largest absolute Gasteiger partial charge is 0.333 e. The molecular formula is C13H30N2. The Morgan fingerprint density at radius 1 is 1.20 bits per heavy atom. The van der Waals surface area contributed by atoms with Gasteiger partial charge in [0.1, 0.15) is 0 Å². The predicted octanol–water partition coefficient (Wildman–Crippen LogP) is 2.87. The van der Waals surface area contributed by atoms with E-state index in [1.54, 1.807) is 0 Å². The number of unbranched alkanes of at least 4 members (excludes halogenated alkanes) is 3. The van der Waals surface area contributed by atoms with E-state index in [0.29, 0.717) is 0 Å². The molecular weight excluding hydrogens is 184 g/mol. The molecule has 1 aliphatic heterocycles. The Labute approximate surface area is 96.2 Å². The van der Waals surface area contributed by atoms with Crippen molar-refractivity contribution in [2.45, 2.75) is 58.4 Å². The first kappa shape index (κ1) is 14.9. The summed E-state index contributed by atoms with van der Waals surface area (Å²) in [4.78, 5) is 2.55. The van der Waals surface area contributed by atoms with Crippen molar-refractivity contribution in [3.05, 3.63) is 0 Å². The average molecular weight is 214 g/mol. The van der Waals surface area contributed by atoms with Crippen LogP contribution < -0.4 is 5.73 Å². The zero-order valence-corrected chi connectivity index (χ0v) is 11.1. The number of nitrogens with zero attached hydrogens (tertiary/aromatic N) is 1. The van der Waals surface area contributed by atoms with E-state index in [1.165, 1.54) is 52.1 Å². The summed E-state index contributed by atoms with van der Waals surface area (Å²) in [5.41, 5.74) is 4.50. The molecule has 0 amide bonds. The highest BCUT2D eigenvalue weighted by Crippen LogP contribution is 2.24. The molecule has 0 aromatic carbocycles. The highest BCUT2D eigenvalue weighted by Gasteiger charge is 2.25. The average Bonchev–Trinajstić information content (AvgIpc) is 2.55. The van der Waals surface area contributed by atoms with Gasteiger partial charge in [0.05, 0.1) is 0 Å². The van der Waals surface area contributed by atoms with Gasteiger partial charge in [0.15, 0.2) is 0 Å². The van der Waals surface area contributed by atoms with Crippen molar-refractivity contribution in [2.24, 2.45) is 11.7 Å². The monoisotopic (exact) mass is 214 g/mol. The van der Waals surface area contributed by atoms with Crippen LogP contribution in [0.15, 0.2) is 0 Å². The first-order valence-electron chi connectivity index (χ1n) is 6.52. The van der Waals surface area contributed by atoms with Crippen molar-refractivity contribution >= 4 is 0 Å². The van der Waals surface area contributed by atoms with Gasteiger partial charge >= 0.3 is 0 Å². The molecule has 0 aliphatic carbocycles. The van der Waals surface area contributed by atoms with Gasteiger partial charge in [0, 0.05) is 12.6 Å². The Morgan fingerprint density at radius 2 is 1.87 bits per heavy atom. The van der Waals surface area contributed by atoms with Crippen LogP contribution in [-0.2, 0) is 0 Å². The van der Waals surface area contributed by atoms with E-state index in [0.717, 1.165) is 12.0 Å². The molecule has 2 atom stereocenters. The summed E-state index contributed by atoms with van der Waals surface area (Å²) in [6.45, 7) is 5.98. The molecule has 1 saturated heterocycles. The number of rotatable bonds is 5. The predicted molar refractivity (Wildman–Crippen MR) is 69.1 cm³/mol. The smallest absolute Gasteiger partial charge is 0.00953 e. The molecule has 1 aliphatic rings. The molecule has 92 valence electrons. The lowest BCUT2D eigenvalue weighted by atomic mass is 10.0. The SMILES string of the molecule is CCCCCCC1CC(C)CN1C.CN. The third kappa shape index (κ3) is 6.16. The van der Waals surface area contributed by atoms with E-state index < -0.39 is 0 Å². The van der Waals surface area contributed by atoms with E-state index in [2.05, 4.69) is 31.5 Å². The quantitative estimate of drug-likeness (QED) is 0.713. The summed E-state index contributed by atoms with van der Waals surface area (Å²) >= 11 is 0. The lowest BCUT2D eigenvalue weighted by Crippen LogP contribution is -2.24. The summed E-state index contributed by atoms with van der Waals surface area (Å²) in [6.07, 6.45) is 8.52. The Bertz CT molecular complexity index is 136. The topological polar surface area (TPSA) is 29.3 Å². The zero-order chi connectivity index (χ0) is 11.7. The number of likely N-dealkylation sites (tertiary alicyclic amines) is 1. The van der Waals surface area contributed by atoms with E-state index in [9.17, 15) is 0 Å². The molecule has 2 nitrogen and oxygen atoms in total. The third-order valence-electron chi connectivity index (χ3n) is 3.29. The van der Waals surface area contributed by atoms with Crippen LogP contribution in [0.1, 0.15) is 52.4 Å². The molecule has 0 saturated carbocycles. The summed E-state index contributed by atoms with van der Waals surface area (Å²) in [5, 5.41) is 0. The Hall–Kier alpha value is -0.0800. The van der Waals surface area contributed by atoms with Crippen LogP contribution >= 0.6 is 0 Å². The minimum Gasteiger partial charge on any atom is -0.333 e. The maximum absolute atomic E-state index is 4.50. The van der Waals surface area contributed by atoms with E-state index in [1.807, 2.05) is 0 Å². The maximum Gasteiger partial charge on any atom is 0.00953 e. The minimum atomic E-state index is 0.895. The van der Waals surface area contributed by atoms with Crippen LogP contribution in [0.5, 0.6) is 0 Å². The van der Waals surface area contributed by atoms with E-state index in [-0.39, 0.29) is 0 Å². The molecule has 2 N–H and O–H groups in total. The fraction of sp³-hybridized carbons (Fsp3) is 1.00. The highest BCUT2D eigenvalue weighted by atomic mass is 15.1. The van der Waals surface area contributed by atoms with Gasteiger partial charge in [-0.25, -0.2) is 0 Å². The third-order valence-corrected chi connectivity index (χ3v) is 3.29. The summed E-state index contributed by atoms with van der Waals surface area (Å²) in [7, 11) is 3.79. The van der Waals surface area contributed by atoms with Crippen molar-refractivity contribution in [2.75, 3.05) is 20.6 Å². The minimum absolute atomic E-state index is 0.895. The first-order valence-corrected chi connectivity index (χ1v) is 6.52. The fourth-order valence-electron chi connectivity index (χ4n) is 2.50. The van der Waals surface area contributed by atoms with E-state index >= 15 is 0 Å². The molecule has 0 aromatic heterocycles. The van der Waals surface area contributed by atoms with E-state index in [4.69, 9.17) is 0 Å². The molecule has 1 fully saturated rings. The highest BCUT2D eigenvalue weighted by molar-refractivity contribution is 4.80. The van der Waals surface area contributed by atoms with Crippen LogP contribution in [0, 0.1) is 5.92 Å². The lowest BCUT2D eigenvalue weighted by Gasteiger charge is -2.18. The van der Waals surface area contributed by atoms with Gasteiger partial charge in [-0.2, -0.15) is 0 Å². The molecule has 1 rings (SSSR count). The summed E-state index contributed by atoms with van der Waals surface area (Å²) in [5.74, 6) is 0.932. The Kier molecular flexibility index (Phi) is 9.12. The molecule has 2 unspecified atom stereocenters. The van der Waals surface area contributed by atoms with Crippen molar-refractivity contribution < 1.29 is 0 Å². The second kappa shape index (κ2) is 9.17. The number of hydrogen-bond acceptors (Lipinski definition) is 2. The molecule has 0 bridgehead atoms. The van der Waals surface area contributed by atoms with Crippen LogP contribution in [0.2, 0.25) is 0 Å². The second-order valence-corrected chi connectivity index (χ2v) is 4.78. The van der Waals surface area contributed by atoms with Crippen molar-refractivity contribution in [1.82, 2.24) is 4.90 Å². The molecule has 0 radical (unpaired) electrons. The van der Waals surface area contributed by atoms with Gasteiger partial charge in [-0.15, -0.1) is 0 Å². The maximum atomic E-state index is 4.50. The van der Waals surface area contributed by atoms with Crippen LogP contribution in [0.25, 0.3) is 0 Å². The number of hydrogen-bond donors (Lipinski definition) is 1. The zero-order valence-electron chi connectivity index (χ0n) is 11.1. The normalized spacial score (nSPS) is 26.2. The van der Waals surface area contributed by atoms with Crippen molar-refractivity contribution in [1.29, 1.82) is 0 Å². The van der Waals surface area contributed by atoms with Crippen LogP contribution in [0.3, 0.4) is 0 Å². The van der Waals surface area contributed by atoms with Crippen LogP contribution in [-0.4, -0.2) is 31.6 Å². The van der Waals surface area contributed by atoms with Crippen molar-refractivity contribution in [3.63, 3.8) is 0 Å². The standard InChI is InChI=1S/C12H25N.CH5N/c1-4-5-6-7-8-12-9-11(2)10-13(12)3;1-2/h11-12H,4-10H2,1-3H3;2H2,1H3. The van der Waals surface area contributed by atoms with Gasteiger partial charge in [0.2, 0.25) is 0 Å². The second-order valence-electron chi connectivity index (χ2n) is 4.78. The molecule has 0 spiro atoms. The van der Waals surface area contributed by atoms with Gasteiger partial charge in [0.25, 0.3) is 0 Å². The molecule has 2 heteroatoms. The van der Waals surface area contributed by atoms with Crippen molar-refractivity contribution in [3.8, 4) is 0 Å². The molecule has 1 heterocycles. The summed E-state index contributed by atoms with van der Waals surface area (Å²) in [6, 6.07) is 0.895. The van der Waals surface area contributed by atoms with Gasteiger partial charge < -0.3 is 10.6 Å². The van der Waals surface area contributed by atoms with Gasteiger partial charge in [-0.3, -0.25) is 0 Å². The summed E-state index contributed by atoms with van der Waals surface area (Å²) < 4.78 is 0. The van der Waals surface area contributed by atoms with Crippen LogP contribution in [0.4, 0.5) is 0 Å². The van der Waals surface area contributed by atoms with Gasteiger partial charge in [-0.1, -0.05) is 39.5 Å². The Morgan fingerprint density at radius 3 is 2.33 bits per heavy atom. The number of nitrogens with two attached hydrogens (primary N) is 1. The first-order chi connectivity index (χ1) is 7.24. The van der Waals surface area contributed by atoms with Gasteiger partial charge in [-0.05, 0) is 32.9 Å². The fourth-order valence-corrected chi connectivity index (χ4v) is 2.50. The molecule has 15 heavy (non-hydrogen) atoms. The molecule has 0 aromatic rings.